The van der Waals surface area contributed by atoms with Gasteiger partial charge in [-0.15, -0.1) is 0 Å². The van der Waals surface area contributed by atoms with E-state index in [1.54, 1.807) is 6.92 Å². The van der Waals surface area contributed by atoms with Crippen molar-refractivity contribution >= 4 is 21.8 Å². The SMILES string of the molecule is CC(Br)CC(C)NC(=O)CC(F)(F)F. The molecular formula is C8H13BrF3NO. The van der Waals surface area contributed by atoms with Crippen molar-refractivity contribution in [3.63, 3.8) is 0 Å². The molecule has 2 nitrogen and oxygen atoms in total. The molecule has 0 saturated carbocycles. The first-order chi connectivity index (χ1) is 6.20. The summed E-state index contributed by atoms with van der Waals surface area (Å²) in [4.78, 5) is 11.0. The maximum absolute atomic E-state index is 11.7. The van der Waals surface area contributed by atoms with E-state index in [9.17, 15) is 18.0 Å². The van der Waals surface area contributed by atoms with Crippen LogP contribution in [0.1, 0.15) is 26.7 Å². The van der Waals surface area contributed by atoms with Crippen molar-refractivity contribution < 1.29 is 18.0 Å². The highest BCUT2D eigenvalue weighted by Gasteiger charge is 2.31. The zero-order valence-electron chi connectivity index (χ0n) is 7.99. The molecule has 0 aromatic rings. The van der Waals surface area contributed by atoms with Gasteiger partial charge in [-0.25, -0.2) is 0 Å². The smallest absolute Gasteiger partial charge is 0.353 e. The van der Waals surface area contributed by atoms with E-state index >= 15 is 0 Å². The topological polar surface area (TPSA) is 29.1 Å². The molecule has 0 saturated heterocycles. The summed E-state index contributed by atoms with van der Waals surface area (Å²) in [5.74, 6) is -0.974. The summed E-state index contributed by atoms with van der Waals surface area (Å²) < 4.78 is 35.2. The maximum atomic E-state index is 11.7. The summed E-state index contributed by atoms with van der Waals surface area (Å²) in [6.45, 7) is 3.54. The Morgan fingerprint density at radius 1 is 1.43 bits per heavy atom. The van der Waals surface area contributed by atoms with Crippen LogP contribution in [0.3, 0.4) is 0 Å². The molecule has 14 heavy (non-hydrogen) atoms. The van der Waals surface area contributed by atoms with Gasteiger partial charge in [-0.3, -0.25) is 4.79 Å². The quantitative estimate of drug-likeness (QED) is 0.786. The van der Waals surface area contributed by atoms with Crippen molar-refractivity contribution in [1.29, 1.82) is 0 Å². The number of nitrogens with one attached hydrogen (secondary N) is 1. The van der Waals surface area contributed by atoms with Gasteiger partial charge in [0.05, 0.1) is 0 Å². The Hall–Kier alpha value is -0.260. The maximum Gasteiger partial charge on any atom is 0.397 e. The number of hydrogen-bond donors (Lipinski definition) is 1. The molecule has 1 amide bonds. The first kappa shape index (κ1) is 13.7. The second-order valence-corrected chi connectivity index (χ2v) is 4.84. The molecule has 0 rings (SSSR count). The monoisotopic (exact) mass is 275 g/mol. The van der Waals surface area contributed by atoms with Crippen LogP contribution in [0.15, 0.2) is 0 Å². The Labute approximate surface area is 89.4 Å². The molecule has 1 N–H and O–H groups in total. The minimum Gasteiger partial charge on any atom is -0.353 e. The van der Waals surface area contributed by atoms with Crippen LogP contribution >= 0.6 is 15.9 Å². The summed E-state index contributed by atoms with van der Waals surface area (Å²) in [5.41, 5.74) is 0. The lowest BCUT2D eigenvalue weighted by atomic mass is 10.2. The number of carbonyl (C=O) groups is 1. The van der Waals surface area contributed by atoms with Crippen LogP contribution in [-0.4, -0.2) is 23.0 Å². The Morgan fingerprint density at radius 2 is 1.93 bits per heavy atom. The van der Waals surface area contributed by atoms with Crippen LogP contribution in [0.4, 0.5) is 13.2 Å². The lowest BCUT2D eigenvalue weighted by molar-refractivity contribution is -0.154. The highest BCUT2D eigenvalue weighted by molar-refractivity contribution is 9.09. The number of alkyl halides is 4. The summed E-state index contributed by atoms with van der Waals surface area (Å²) in [6, 6.07) is -0.251. The third kappa shape index (κ3) is 8.34. The van der Waals surface area contributed by atoms with E-state index in [0.717, 1.165) is 0 Å². The van der Waals surface area contributed by atoms with Gasteiger partial charge in [-0.2, -0.15) is 13.2 Å². The van der Waals surface area contributed by atoms with Crippen LogP contribution in [0.25, 0.3) is 0 Å². The first-order valence-corrected chi connectivity index (χ1v) is 5.12. The summed E-state index contributed by atoms with van der Waals surface area (Å²) >= 11 is 3.25. The fourth-order valence-electron chi connectivity index (χ4n) is 1.05. The molecule has 0 aliphatic rings. The van der Waals surface area contributed by atoms with Gasteiger partial charge >= 0.3 is 6.18 Å². The fourth-order valence-corrected chi connectivity index (χ4v) is 1.61. The Balaban J connectivity index is 3.83. The van der Waals surface area contributed by atoms with Gasteiger partial charge in [-0.1, -0.05) is 22.9 Å². The predicted molar refractivity (Wildman–Crippen MR) is 51.3 cm³/mol. The van der Waals surface area contributed by atoms with Crippen molar-refractivity contribution in [1.82, 2.24) is 5.32 Å². The Bertz CT molecular complexity index is 194. The van der Waals surface area contributed by atoms with Crippen LogP contribution < -0.4 is 5.32 Å². The predicted octanol–water partition coefficient (Wildman–Crippen LogP) is 2.62. The lowest BCUT2D eigenvalue weighted by Crippen LogP contribution is -2.36. The standard InChI is InChI=1S/C8H13BrF3NO/c1-5(9)3-6(2)13-7(14)4-8(10,11)12/h5-6H,3-4H2,1-2H3,(H,13,14). The van der Waals surface area contributed by atoms with Gasteiger partial charge in [0.25, 0.3) is 0 Å². The van der Waals surface area contributed by atoms with E-state index in [0.29, 0.717) is 6.42 Å². The molecule has 0 spiro atoms. The molecule has 0 radical (unpaired) electrons. The number of rotatable bonds is 4. The van der Waals surface area contributed by atoms with Crippen LogP contribution in [0.2, 0.25) is 0 Å². The molecule has 2 atom stereocenters. The molecule has 0 bridgehead atoms. The van der Waals surface area contributed by atoms with E-state index in [1.165, 1.54) is 0 Å². The lowest BCUT2D eigenvalue weighted by Gasteiger charge is -2.15. The van der Waals surface area contributed by atoms with Crippen molar-refractivity contribution in [2.45, 2.75) is 43.7 Å². The van der Waals surface area contributed by atoms with Crippen molar-refractivity contribution in [2.75, 3.05) is 0 Å². The zero-order chi connectivity index (χ0) is 11.4. The minimum absolute atomic E-state index is 0.170. The number of amides is 1. The third-order valence-electron chi connectivity index (χ3n) is 1.45. The normalized spacial score (nSPS) is 16.1. The summed E-state index contributed by atoms with van der Waals surface area (Å²) in [5, 5.41) is 2.28. The van der Waals surface area contributed by atoms with Gasteiger partial charge in [0.1, 0.15) is 6.42 Å². The van der Waals surface area contributed by atoms with Crippen molar-refractivity contribution in [3.8, 4) is 0 Å². The molecule has 0 aromatic heterocycles. The van der Waals surface area contributed by atoms with Crippen molar-refractivity contribution in [3.05, 3.63) is 0 Å². The molecular weight excluding hydrogens is 263 g/mol. The summed E-state index contributed by atoms with van der Waals surface area (Å²) in [6.07, 6.45) is -5.23. The van der Waals surface area contributed by atoms with E-state index in [4.69, 9.17) is 0 Å². The number of halogens is 4. The fraction of sp³-hybridized carbons (Fsp3) is 0.875. The molecule has 0 aliphatic heterocycles. The summed E-state index contributed by atoms with van der Waals surface area (Å²) in [7, 11) is 0. The Morgan fingerprint density at radius 3 is 2.29 bits per heavy atom. The number of carbonyl (C=O) groups excluding carboxylic acids is 1. The molecule has 6 heteroatoms. The van der Waals surface area contributed by atoms with Crippen LogP contribution in [0.5, 0.6) is 0 Å². The molecule has 84 valence electrons. The van der Waals surface area contributed by atoms with Crippen LogP contribution in [-0.2, 0) is 4.79 Å². The van der Waals surface area contributed by atoms with Gasteiger partial charge in [0.2, 0.25) is 5.91 Å². The van der Waals surface area contributed by atoms with E-state index < -0.39 is 18.5 Å². The van der Waals surface area contributed by atoms with Gasteiger partial charge in [0.15, 0.2) is 0 Å². The highest BCUT2D eigenvalue weighted by Crippen LogP contribution is 2.19. The van der Waals surface area contributed by atoms with Gasteiger partial charge in [-0.05, 0) is 13.3 Å². The second kappa shape index (κ2) is 5.58. The molecule has 0 aromatic carbocycles. The number of hydrogen-bond acceptors (Lipinski definition) is 1. The van der Waals surface area contributed by atoms with E-state index in [2.05, 4.69) is 21.2 Å². The second-order valence-electron chi connectivity index (χ2n) is 3.28. The van der Waals surface area contributed by atoms with Crippen LogP contribution in [0, 0.1) is 0 Å². The molecule has 0 aliphatic carbocycles. The first-order valence-electron chi connectivity index (χ1n) is 4.21. The largest absolute Gasteiger partial charge is 0.397 e. The third-order valence-corrected chi connectivity index (χ3v) is 1.82. The minimum atomic E-state index is -4.43. The van der Waals surface area contributed by atoms with Gasteiger partial charge in [0, 0.05) is 10.9 Å². The molecule has 0 fully saturated rings. The average Bonchev–Trinajstić information content (AvgIpc) is 1.77. The van der Waals surface area contributed by atoms with E-state index in [1.807, 2.05) is 6.92 Å². The molecule has 0 heterocycles. The molecule has 2 unspecified atom stereocenters. The Kier molecular flexibility index (Phi) is 5.48. The highest BCUT2D eigenvalue weighted by atomic mass is 79.9. The van der Waals surface area contributed by atoms with E-state index in [-0.39, 0.29) is 10.9 Å². The average molecular weight is 276 g/mol. The van der Waals surface area contributed by atoms with Crippen molar-refractivity contribution in [2.24, 2.45) is 0 Å². The zero-order valence-corrected chi connectivity index (χ0v) is 9.58. The van der Waals surface area contributed by atoms with Gasteiger partial charge < -0.3 is 5.32 Å².